The Morgan fingerprint density at radius 2 is 1.80 bits per heavy atom. The van der Waals surface area contributed by atoms with Gasteiger partial charge in [0.1, 0.15) is 11.6 Å². The van der Waals surface area contributed by atoms with Gasteiger partial charge in [-0.05, 0) is 61.3 Å². The number of aliphatic hydroxyl groups excluding tert-OH is 1. The molecule has 0 aliphatic heterocycles. The largest absolute Gasteiger partial charge is 0.573 e. The maximum atomic E-state index is 13.8. The second-order valence-electron chi connectivity index (χ2n) is 5.13. The van der Waals surface area contributed by atoms with Gasteiger partial charge in [0.2, 0.25) is 0 Å². The highest BCUT2D eigenvalue weighted by Crippen LogP contribution is 2.38. The first-order chi connectivity index (χ1) is 9.39. The van der Waals surface area contributed by atoms with Gasteiger partial charge in [-0.2, -0.15) is 0 Å². The molecule has 0 amide bonds. The van der Waals surface area contributed by atoms with Gasteiger partial charge in [-0.15, -0.1) is 13.2 Å². The van der Waals surface area contributed by atoms with Crippen molar-refractivity contribution >= 4 is 0 Å². The van der Waals surface area contributed by atoms with Crippen LogP contribution in [-0.2, 0) is 0 Å². The third kappa shape index (κ3) is 3.85. The molecule has 1 aliphatic rings. The lowest BCUT2D eigenvalue weighted by molar-refractivity contribution is -0.274. The Bertz CT molecular complexity index is 451. The zero-order chi connectivity index (χ0) is 14.8. The lowest BCUT2D eigenvalue weighted by Gasteiger charge is -2.28. The fourth-order valence-corrected chi connectivity index (χ4v) is 2.69. The number of benzene rings is 1. The molecule has 1 N–H and O–H groups in total. The first-order valence-electron chi connectivity index (χ1n) is 6.55. The van der Waals surface area contributed by atoms with E-state index < -0.39 is 17.9 Å². The van der Waals surface area contributed by atoms with Crippen LogP contribution in [0.3, 0.4) is 0 Å². The Hall–Kier alpha value is -1.30. The molecule has 0 radical (unpaired) electrons. The van der Waals surface area contributed by atoms with E-state index in [4.69, 9.17) is 5.11 Å². The summed E-state index contributed by atoms with van der Waals surface area (Å²) >= 11 is 0. The van der Waals surface area contributed by atoms with Crippen molar-refractivity contribution in [3.63, 3.8) is 0 Å². The first kappa shape index (κ1) is 15.1. The van der Waals surface area contributed by atoms with E-state index in [0.717, 1.165) is 31.0 Å². The van der Waals surface area contributed by atoms with Gasteiger partial charge < -0.3 is 9.84 Å². The van der Waals surface area contributed by atoms with Gasteiger partial charge in [0.25, 0.3) is 0 Å². The smallest absolute Gasteiger partial charge is 0.406 e. The average molecular weight is 292 g/mol. The normalized spacial score (nSPS) is 23.6. The lowest BCUT2D eigenvalue weighted by Crippen LogP contribution is -2.19. The molecule has 0 unspecified atom stereocenters. The highest BCUT2D eigenvalue weighted by atomic mass is 19.4. The molecule has 20 heavy (non-hydrogen) atoms. The van der Waals surface area contributed by atoms with Crippen LogP contribution in [-0.4, -0.2) is 18.1 Å². The quantitative estimate of drug-likeness (QED) is 0.854. The average Bonchev–Trinajstić information content (AvgIpc) is 2.40. The van der Waals surface area contributed by atoms with Crippen LogP contribution in [0.25, 0.3) is 0 Å². The molecular weight excluding hydrogens is 276 g/mol. The maximum absolute atomic E-state index is 13.8. The number of hydrogen-bond donors (Lipinski definition) is 1. The zero-order valence-electron chi connectivity index (χ0n) is 10.8. The van der Waals surface area contributed by atoms with Crippen LogP contribution in [0.15, 0.2) is 18.2 Å². The first-order valence-corrected chi connectivity index (χ1v) is 6.55. The molecule has 0 heterocycles. The molecular formula is C14H16F4O2. The van der Waals surface area contributed by atoms with Crippen LogP contribution in [0.1, 0.15) is 37.2 Å². The van der Waals surface area contributed by atoms with Crippen molar-refractivity contribution < 1.29 is 27.4 Å². The van der Waals surface area contributed by atoms with E-state index in [0.29, 0.717) is 12.8 Å². The van der Waals surface area contributed by atoms with Crippen molar-refractivity contribution in [2.24, 2.45) is 5.92 Å². The van der Waals surface area contributed by atoms with Crippen molar-refractivity contribution in [3.05, 3.63) is 29.6 Å². The number of aliphatic hydroxyl groups is 1. The summed E-state index contributed by atoms with van der Waals surface area (Å²) in [7, 11) is 0. The van der Waals surface area contributed by atoms with E-state index >= 15 is 0 Å². The molecule has 1 aromatic rings. The second-order valence-corrected chi connectivity index (χ2v) is 5.13. The topological polar surface area (TPSA) is 29.5 Å². The predicted octanol–water partition coefficient (Wildman–Crippen LogP) is 3.99. The number of alkyl halides is 3. The van der Waals surface area contributed by atoms with Gasteiger partial charge in [-0.1, -0.05) is 0 Å². The molecule has 6 heteroatoms. The SMILES string of the molecule is OC[C@H]1CC[C@H](c2cc(OC(F)(F)F)ccc2F)CC1. The van der Waals surface area contributed by atoms with Crippen LogP contribution in [0.2, 0.25) is 0 Å². The van der Waals surface area contributed by atoms with Gasteiger partial charge in [0.15, 0.2) is 0 Å². The van der Waals surface area contributed by atoms with Crippen molar-refractivity contribution in [1.82, 2.24) is 0 Å². The van der Waals surface area contributed by atoms with Gasteiger partial charge in [-0.3, -0.25) is 0 Å². The summed E-state index contributed by atoms with van der Waals surface area (Å²) in [5.74, 6) is -0.802. The predicted molar refractivity (Wildman–Crippen MR) is 64.9 cm³/mol. The Labute approximate surface area is 114 Å². The van der Waals surface area contributed by atoms with Crippen molar-refractivity contribution in [2.45, 2.75) is 38.0 Å². The molecule has 1 aliphatic carbocycles. The molecule has 0 aromatic heterocycles. The summed E-state index contributed by atoms with van der Waals surface area (Å²) in [5, 5.41) is 9.06. The van der Waals surface area contributed by atoms with Gasteiger partial charge in [0.05, 0.1) is 0 Å². The minimum atomic E-state index is -4.77. The van der Waals surface area contributed by atoms with E-state index in [1.165, 1.54) is 0 Å². The van der Waals surface area contributed by atoms with Crippen molar-refractivity contribution in [2.75, 3.05) is 6.61 Å². The summed E-state index contributed by atoms with van der Waals surface area (Å²) in [4.78, 5) is 0. The van der Waals surface area contributed by atoms with Gasteiger partial charge in [-0.25, -0.2) is 4.39 Å². The van der Waals surface area contributed by atoms with Crippen LogP contribution >= 0.6 is 0 Å². The summed E-state index contributed by atoms with van der Waals surface area (Å²) in [6, 6.07) is 3.12. The molecule has 0 saturated heterocycles. The summed E-state index contributed by atoms with van der Waals surface area (Å²) in [5.41, 5.74) is 0.267. The molecule has 1 saturated carbocycles. The van der Waals surface area contributed by atoms with Crippen LogP contribution < -0.4 is 4.74 Å². The van der Waals surface area contributed by atoms with Crippen LogP contribution in [0, 0.1) is 11.7 Å². The number of rotatable bonds is 3. The van der Waals surface area contributed by atoms with E-state index in [2.05, 4.69) is 4.74 Å². The Morgan fingerprint density at radius 1 is 1.15 bits per heavy atom. The second kappa shape index (κ2) is 5.99. The number of halogens is 4. The molecule has 112 valence electrons. The van der Waals surface area contributed by atoms with E-state index in [1.54, 1.807) is 0 Å². The van der Waals surface area contributed by atoms with Crippen molar-refractivity contribution in [3.8, 4) is 5.75 Å². The van der Waals surface area contributed by atoms with Crippen LogP contribution in [0.4, 0.5) is 17.6 Å². The Balaban J connectivity index is 2.13. The van der Waals surface area contributed by atoms with E-state index in [9.17, 15) is 17.6 Å². The molecule has 0 atom stereocenters. The minimum Gasteiger partial charge on any atom is -0.406 e. The number of hydrogen-bond acceptors (Lipinski definition) is 2. The molecule has 0 bridgehead atoms. The molecule has 2 nitrogen and oxygen atoms in total. The molecule has 1 aromatic carbocycles. The summed E-state index contributed by atoms with van der Waals surface area (Å²) in [6.45, 7) is 0.104. The fourth-order valence-electron chi connectivity index (χ4n) is 2.69. The lowest BCUT2D eigenvalue weighted by atomic mass is 9.79. The zero-order valence-corrected chi connectivity index (χ0v) is 10.8. The third-order valence-electron chi connectivity index (χ3n) is 3.75. The van der Waals surface area contributed by atoms with Gasteiger partial charge >= 0.3 is 6.36 Å². The molecule has 0 spiro atoms. The maximum Gasteiger partial charge on any atom is 0.573 e. The number of ether oxygens (including phenoxy) is 1. The molecule has 1 fully saturated rings. The molecule has 2 rings (SSSR count). The fraction of sp³-hybridized carbons (Fsp3) is 0.571. The van der Waals surface area contributed by atoms with Crippen molar-refractivity contribution in [1.29, 1.82) is 0 Å². The third-order valence-corrected chi connectivity index (χ3v) is 3.75. The highest BCUT2D eigenvalue weighted by Gasteiger charge is 2.32. The minimum absolute atomic E-state index is 0.104. The highest BCUT2D eigenvalue weighted by molar-refractivity contribution is 5.32. The van der Waals surface area contributed by atoms with E-state index in [-0.39, 0.29) is 24.0 Å². The monoisotopic (exact) mass is 292 g/mol. The van der Waals surface area contributed by atoms with E-state index in [1.807, 2.05) is 0 Å². The Morgan fingerprint density at radius 3 is 2.35 bits per heavy atom. The summed E-state index contributed by atoms with van der Waals surface area (Å²) in [6.07, 6.45) is -1.94. The Kier molecular flexibility index (Phi) is 4.52. The van der Waals surface area contributed by atoms with Crippen LogP contribution in [0.5, 0.6) is 5.75 Å². The standard InChI is InChI=1S/C14H16F4O2/c15-13-6-5-11(20-14(16,17)18)7-12(13)10-3-1-9(8-19)2-4-10/h5-7,9-10,19H,1-4,8H2/t9-,10-. The van der Waals surface area contributed by atoms with Gasteiger partial charge in [0, 0.05) is 6.61 Å². The summed E-state index contributed by atoms with van der Waals surface area (Å²) < 4.78 is 54.1.